The predicted octanol–water partition coefficient (Wildman–Crippen LogP) is 2.87. The smallest absolute Gasteiger partial charge is 0.251 e. The largest absolute Gasteiger partial charge is 0.349 e. The lowest BCUT2D eigenvalue weighted by Crippen LogP contribution is -2.41. The van der Waals surface area contributed by atoms with Gasteiger partial charge in [-0.05, 0) is 37.0 Å². The van der Waals surface area contributed by atoms with Crippen molar-refractivity contribution in [2.24, 2.45) is 5.92 Å². The summed E-state index contributed by atoms with van der Waals surface area (Å²) in [7, 11) is 0. The third kappa shape index (κ3) is 2.48. The van der Waals surface area contributed by atoms with Crippen molar-refractivity contribution in [1.82, 2.24) is 15.3 Å². The molecule has 0 aliphatic heterocycles. The number of benzene rings is 1. The fraction of sp³-hybridized carbons (Fsp3) is 0.467. The summed E-state index contributed by atoms with van der Waals surface area (Å²) >= 11 is 0. The molecule has 1 aromatic carbocycles. The Morgan fingerprint density at radius 3 is 3.05 bits per heavy atom. The number of carbonyl (C=O) groups is 1. The van der Waals surface area contributed by atoms with Crippen molar-refractivity contribution < 1.29 is 4.79 Å². The number of hydrogen-bond donors (Lipinski definition) is 2. The second-order valence-corrected chi connectivity index (χ2v) is 5.48. The van der Waals surface area contributed by atoms with Gasteiger partial charge in [0.1, 0.15) is 0 Å². The lowest BCUT2D eigenvalue weighted by molar-refractivity contribution is 0.0910. The number of amides is 1. The van der Waals surface area contributed by atoms with Gasteiger partial charge in [-0.15, -0.1) is 0 Å². The van der Waals surface area contributed by atoms with Gasteiger partial charge in [0, 0.05) is 11.6 Å². The van der Waals surface area contributed by atoms with E-state index in [0.29, 0.717) is 17.5 Å². The Labute approximate surface area is 112 Å². The Morgan fingerprint density at radius 2 is 2.21 bits per heavy atom. The van der Waals surface area contributed by atoms with Crippen molar-refractivity contribution in [3.8, 4) is 0 Å². The van der Waals surface area contributed by atoms with Crippen LogP contribution in [-0.2, 0) is 0 Å². The summed E-state index contributed by atoms with van der Waals surface area (Å²) in [5.41, 5.74) is 2.50. The standard InChI is InChI=1S/C15H19N3O/c1-10-4-2-3-5-12(10)18-15(19)11-6-7-13-14(8-11)17-9-16-13/h6-10,12H,2-5H2,1H3,(H,16,17)(H,18,19)/t10-,12-/m0/s1. The molecule has 1 heterocycles. The van der Waals surface area contributed by atoms with Gasteiger partial charge in [0.05, 0.1) is 17.4 Å². The molecule has 1 aliphatic carbocycles. The molecule has 2 aromatic rings. The average molecular weight is 257 g/mol. The Morgan fingerprint density at radius 1 is 1.37 bits per heavy atom. The third-order valence-corrected chi connectivity index (χ3v) is 4.11. The molecule has 4 heteroatoms. The molecule has 0 unspecified atom stereocenters. The highest BCUT2D eigenvalue weighted by atomic mass is 16.1. The van der Waals surface area contributed by atoms with Crippen LogP contribution in [0.15, 0.2) is 24.5 Å². The van der Waals surface area contributed by atoms with E-state index in [-0.39, 0.29) is 5.91 Å². The van der Waals surface area contributed by atoms with Crippen LogP contribution in [-0.4, -0.2) is 21.9 Å². The van der Waals surface area contributed by atoms with Crippen molar-refractivity contribution in [3.63, 3.8) is 0 Å². The van der Waals surface area contributed by atoms with Crippen molar-refractivity contribution >= 4 is 16.9 Å². The first-order valence-corrected chi connectivity index (χ1v) is 6.98. The van der Waals surface area contributed by atoms with E-state index in [1.165, 1.54) is 19.3 Å². The summed E-state index contributed by atoms with van der Waals surface area (Å²) in [6.07, 6.45) is 6.46. The quantitative estimate of drug-likeness (QED) is 0.869. The summed E-state index contributed by atoms with van der Waals surface area (Å²) in [5.74, 6) is 0.601. The van der Waals surface area contributed by atoms with Crippen LogP contribution < -0.4 is 5.32 Å². The maximum absolute atomic E-state index is 12.3. The van der Waals surface area contributed by atoms with E-state index in [1.807, 2.05) is 18.2 Å². The first kappa shape index (κ1) is 12.2. The first-order chi connectivity index (χ1) is 9.24. The van der Waals surface area contributed by atoms with E-state index in [1.54, 1.807) is 6.33 Å². The van der Waals surface area contributed by atoms with E-state index < -0.39 is 0 Å². The zero-order chi connectivity index (χ0) is 13.2. The molecule has 0 spiro atoms. The minimum absolute atomic E-state index is 0.0234. The molecule has 0 radical (unpaired) electrons. The van der Waals surface area contributed by atoms with E-state index >= 15 is 0 Å². The summed E-state index contributed by atoms with van der Waals surface area (Å²) in [6, 6.07) is 5.90. The fourth-order valence-corrected chi connectivity index (χ4v) is 2.86. The highest BCUT2D eigenvalue weighted by Gasteiger charge is 2.23. The molecule has 1 fully saturated rings. The number of nitrogens with one attached hydrogen (secondary N) is 2. The number of fused-ring (bicyclic) bond motifs is 1. The van der Waals surface area contributed by atoms with Gasteiger partial charge in [-0.1, -0.05) is 19.8 Å². The molecule has 3 rings (SSSR count). The first-order valence-electron chi connectivity index (χ1n) is 6.98. The lowest BCUT2D eigenvalue weighted by atomic mass is 9.86. The molecule has 100 valence electrons. The second-order valence-electron chi connectivity index (χ2n) is 5.48. The Kier molecular flexibility index (Phi) is 3.23. The summed E-state index contributed by atoms with van der Waals surface area (Å²) in [5, 5.41) is 3.17. The zero-order valence-corrected chi connectivity index (χ0v) is 11.1. The molecule has 1 aliphatic rings. The van der Waals surface area contributed by atoms with Gasteiger partial charge < -0.3 is 10.3 Å². The minimum atomic E-state index is 0.0234. The summed E-state index contributed by atoms with van der Waals surface area (Å²) in [4.78, 5) is 19.5. The van der Waals surface area contributed by atoms with Crippen LogP contribution >= 0.6 is 0 Å². The normalized spacial score (nSPS) is 23.4. The van der Waals surface area contributed by atoms with Gasteiger partial charge in [-0.3, -0.25) is 4.79 Å². The minimum Gasteiger partial charge on any atom is -0.349 e. The number of aromatic amines is 1. The summed E-state index contributed by atoms with van der Waals surface area (Å²) in [6.45, 7) is 2.22. The van der Waals surface area contributed by atoms with Crippen molar-refractivity contribution in [1.29, 1.82) is 0 Å². The second kappa shape index (κ2) is 5.03. The van der Waals surface area contributed by atoms with Crippen LogP contribution in [0.4, 0.5) is 0 Å². The van der Waals surface area contributed by atoms with Gasteiger partial charge >= 0.3 is 0 Å². The van der Waals surface area contributed by atoms with Gasteiger partial charge in [0.25, 0.3) is 5.91 Å². The molecular weight excluding hydrogens is 238 g/mol. The molecule has 0 saturated heterocycles. The van der Waals surface area contributed by atoms with E-state index in [2.05, 4.69) is 22.2 Å². The number of imidazole rings is 1. The van der Waals surface area contributed by atoms with Crippen molar-refractivity contribution in [2.45, 2.75) is 38.6 Å². The lowest BCUT2D eigenvalue weighted by Gasteiger charge is -2.29. The molecule has 0 bridgehead atoms. The number of hydrogen-bond acceptors (Lipinski definition) is 2. The number of nitrogens with zero attached hydrogens (tertiary/aromatic N) is 1. The Hall–Kier alpha value is -1.84. The van der Waals surface area contributed by atoms with E-state index in [9.17, 15) is 4.79 Å². The molecule has 4 nitrogen and oxygen atoms in total. The van der Waals surface area contributed by atoms with Gasteiger partial charge in [-0.2, -0.15) is 0 Å². The van der Waals surface area contributed by atoms with Crippen LogP contribution in [0.5, 0.6) is 0 Å². The van der Waals surface area contributed by atoms with Crippen molar-refractivity contribution in [2.75, 3.05) is 0 Å². The van der Waals surface area contributed by atoms with Gasteiger partial charge in [0.2, 0.25) is 0 Å². The van der Waals surface area contributed by atoms with Crippen LogP contribution in [0.3, 0.4) is 0 Å². The number of rotatable bonds is 2. The van der Waals surface area contributed by atoms with Crippen LogP contribution in [0.1, 0.15) is 43.0 Å². The van der Waals surface area contributed by atoms with E-state index in [0.717, 1.165) is 17.5 Å². The average Bonchev–Trinajstić information content (AvgIpc) is 2.88. The van der Waals surface area contributed by atoms with Crippen molar-refractivity contribution in [3.05, 3.63) is 30.1 Å². The van der Waals surface area contributed by atoms with Crippen LogP contribution in [0.25, 0.3) is 11.0 Å². The van der Waals surface area contributed by atoms with Crippen LogP contribution in [0.2, 0.25) is 0 Å². The highest BCUT2D eigenvalue weighted by molar-refractivity contribution is 5.97. The topological polar surface area (TPSA) is 57.8 Å². The Bertz CT molecular complexity index is 590. The number of carbonyl (C=O) groups excluding carboxylic acids is 1. The molecule has 2 atom stereocenters. The monoisotopic (exact) mass is 257 g/mol. The zero-order valence-electron chi connectivity index (χ0n) is 11.1. The fourth-order valence-electron chi connectivity index (χ4n) is 2.86. The molecule has 1 saturated carbocycles. The number of aromatic nitrogens is 2. The van der Waals surface area contributed by atoms with Gasteiger partial charge in [-0.25, -0.2) is 4.98 Å². The van der Waals surface area contributed by atoms with E-state index in [4.69, 9.17) is 0 Å². The maximum atomic E-state index is 12.3. The summed E-state index contributed by atoms with van der Waals surface area (Å²) < 4.78 is 0. The third-order valence-electron chi connectivity index (χ3n) is 4.11. The maximum Gasteiger partial charge on any atom is 0.251 e. The highest BCUT2D eigenvalue weighted by Crippen LogP contribution is 2.24. The van der Waals surface area contributed by atoms with Crippen LogP contribution in [0, 0.1) is 5.92 Å². The van der Waals surface area contributed by atoms with Gasteiger partial charge in [0.15, 0.2) is 0 Å². The molecule has 1 aromatic heterocycles. The Balaban J connectivity index is 1.75. The SMILES string of the molecule is C[C@H]1CCCC[C@@H]1NC(=O)c1ccc2nc[nH]c2c1. The number of H-pyrrole nitrogens is 1. The molecule has 1 amide bonds. The predicted molar refractivity (Wildman–Crippen MR) is 75.0 cm³/mol. The molecular formula is C15H19N3O. The molecule has 2 N–H and O–H groups in total. The molecule has 19 heavy (non-hydrogen) atoms.